The Bertz CT molecular complexity index is 484. The molecule has 1 amide bonds. The highest BCUT2D eigenvalue weighted by molar-refractivity contribution is 5.80. The lowest BCUT2D eigenvalue weighted by Gasteiger charge is -2.25. The van der Waals surface area contributed by atoms with Crippen LogP contribution in [0.15, 0.2) is 0 Å². The van der Waals surface area contributed by atoms with Crippen LogP contribution in [0.1, 0.15) is 47.5 Å². The molecule has 0 aliphatic rings. The van der Waals surface area contributed by atoms with E-state index in [1.54, 1.807) is 6.92 Å². The molecule has 0 saturated heterocycles. The molecular formula is C21H42N2O8. The van der Waals surface area contributed by atoms with E-state index in [-0.39, 0.29) is 0 Å². The van der Waals surface area contributed by atoms with E-state index >= 15 is 0 Å². The third-order valence-electron chi connectivity index (χ3n) is 4.04. The van der Waals surface area contributed by atoms with E-state index in [1.807, 2.05) is 27.7 Å². The number of rotatable bonds is 18. The molecule has 1 unspecified atom stereocenters. The van der Waals surface area contributed by atoms with Gasteiger partial charge in [-0.2, -0.15) is 0 Å². The zero-order valence-corrected chi connectivity index (χ0v) is 19.8. The summed E-state index contributed by atoms with van der Waals surface area (Å²) >= 11 is 0. The summed E-state index contributed by atoms with van der Waals surface area (Å²) in [5, 5.41) is 2.61. The molecule has 0 aromatic rings. The van der Waals surface area contributed by atoms with Gasteiger partial charge in [0.1, 0.15) is 11.1 Å². The first-order valence-electron chi connectivity index (χ1n) is 10.9. The SMILES string of the molecule is CCOC(=O)C(N)(CC)CCOCCOCCOCCOCCNC(=O)OC(C)(C)C. The number of hydrogen-bond acceptors (Lipinski definition) is 9. The first-order valence-corrected chi connectivity index (χ1v) is 10.9. The van der Waals surface area contributed by atoms with E-state index in [0.717, 1.165) is 0 Å². The van der Waals surface area contributed by atoms with E-state index in [0.29, 0.717) is 78.8 Å². The molecule has 0 aliphatic heterocycles. The van der Waals surface area contributed by atoms with Gasteiger partial charge in [0.25, 0.3) is 0 Å². The molecule has 10 heteroatoms. The summed E-state index contributed by atoms with van der Waals surface area (Å²) in [6.07, 6.45) is 0.436. The molecule has 0 aliphatic carbocycles. The van der Waals surface area contributed by atoms with Gasteiger partial charge < -0.3 is 39.5 Å². The Morgan fingerprint density at radius 2 is 1.29 bits per heavy atom. The van der Waals surface area contributed by atoms with Gasteiger partial charge in [-0.15, -0.1) is 0 Å². The van der Waals surface area contributed by atoms with Crippen LogP contribution in [-0.2, 0) is 33.2 Å². The van der Waals surface area contributed by atoms with Gasteiger partial charge in [0.2, 0.25) is 0 Å². The molecular weight excluding hydrogens is 408 g/mol. The second-order valence-corrected chi connectivity index (χ2v) is 7.86. The van der Waals surface area contributed by atoms with E-state index in [9.17, 15) is 9.59 Å². The molecule has 0 heterocycles. The van der Waals surface area contributed by atoms with Crippen LogP contribution in [0.5, 0.6) is 0 Å². The molecule has 0 aromatic carbocycles. The number of esters is 1. The molecule has 3 N–H and O–H groups in total. The van der Waals surface area contributed by atoms with Crippen LogP contribution < -0.4 is 11.1 Å². The quantitative estimate of drug-likeness (QED) is 0.236. The maximum Gasteiger partial charge on any atom is 0.407 e. The number of alkyl carbamates (subject to hydrolysis) is 1. The van der Waals surface area contributed by atoms with Crippen LogP contribution >= 0.6 is 0 Å². The highest BCUT2D eigenvalue weighted by Gasteiger charge is 2.33. The zero-order valence-electron chi connectivity index (χ0n) is 19.8. The second-order valence-electron chi connectivity index (χ2n) is 7.86. The summed E-state index contributed by atoms with van der Waals surface area (Å²) in [4.78, 5) is 23.3. The molecule has 0 spiro atoms. The second kappa shape index (κ2) is 17.1. The molecule has 0 saturated carbocycles. The molecule has 1 atom stereocenters. The molecule has 184 valence electrons. The summed E-state index contributed by atoms with van der Waals surface area (Å²) in [7, 11) is 0. The van der Waals surface area contributed by atoms with E-state index in [1.165, 1.54) is 0 Å². The number of ether oxygens (including phenoxy) is 6. The Labute approximate surface area is 186 Å². The van der Waals surface area contributed by atoms with Crippen LogP contribution in [0.2, 0.25) is 0 Å². The topological polar surface area (TPSA) is 128 Å². The molecule has 10 nitrogen and oxygen atoms in total. The zero-order chi connectivity index (χ0) is 23.6. The predicted molar refractivity (Wildman–Crippen MR) is 116 cm³/mol. The normalized spacial score (nSPS) is 13.5. The first-order chi connectivity index (χ1) is 14.6. The van der Waals surface area contributed by atoms with Crippen LogP contribution in [-0.4, -0.2) is 89.2 Å². The lowest BCUT2D eigenvalue weighted by Crippen LogP contribution is -2.49. The van der Waals surface area contributed by atoms with Crippen molar-refractivity contribution in [2.45, 2.75) is 58.6 Å². The summed E-state index contributed by atoms with van der Waals surface area (Å²) in [5.41, 5.74) is 4.56. The van der Waals surface area contributed by atoms with Crippen LogP contribution in [0.25, 0.3) is 0 Å². The fraction of sp³-hybridized carbons (Fsp3) is 0.905. The highest BCUT2D eigenvalue weighted by atomic mass is 16.6. The molecule has 0 rings (SSSR count). The third-order valence-corrected chi connectivity index (χ3v) is 4.04. The molecule has 0 aromatic heterocycles. The van der Waals surface area contributed by atoms with Gasteiger partial charge in [-0.25, -0.2) is 4.79 Å². The van der Waals surface area contributed by atoms with Crippen molar-refractivity contribution in [2.75, 3.05) is 66.0 Å². The highest BCUT2D eigenvalue weighted by Crippen LogP contribution is 2.14. The Kier molecular flexibility index (Phi) is 16.3. The van der Waals surface area contributed by atoms with Crippen LogP contribution in [0, 0.1) is 0 Å². The average molecular weight is 451 g/mol. The largest absolute Gasteiger partial charge is 0.465 e. The Morgan fingerprint density at radius 3 is 1.74 bits per heavy atom. The standard InChI is InChI=1S/C21H42N2O8/c1-6-21(22,18(24)30-7-2)8-10-26-12-14-28-16-17-29-15-13-27-11-9-23-19(25)31-20(3,4)5/h6-17,22H2,1-5H3,(H,23,25). The fourth-order valence-corrected chi connectivity index (χ4v) is 2.25. The lowest BCUT2D eigenvalue weighted by atomic mass is 9.94. The van der Waals surface area contributed by atoms with Crippen molar-refractivity contribution < 1.29 is 38.0 Å². The number of nitrogens with one attached hydrogen (secondary N) is 1. The smallest absolute Gasteiger partial charge is 0.407 e. The summed E-state index contributed by atoms with van der Waals surface area (Å²) in [5.74, 6) is -0.391. The lowest BCUT2D eigenvalue weighted by molar-refractivity contribution is -0.150. The molecule has 0 radical (unpaired) electrons. The maximum atomic E-state index is 11.9. The van der Waals surface area contributed by atoms with Crippen molar-refractivity contribution in [3.05, 3.63) is 0 Å². The molecule has 0 bridgehead atoms. The van der Waals surface area contributed by atoms with Gasteiger partial charge in [0.05, 0.1) is 52.9 Å². The first kappa shape index (κ1) is 29.5. The predicted octanol–water partition coefficient (Wildman–Crippen LogP) is 1.64. The van der Waals surface area contributed by atoms with Crippen LogP contribution in [0.4, 0.5) is 4.79 Å². The number of nitrogens with two attached hydrogens (primary N) is 1. The van der Waals surface area contributed by atoms with Crippen molar-refractivity contribution in [3.8, 4) is 0 Å². The monoisotopic (exact) mass is 450 g/mol. The number of hydrogen-bond donors (Lipinski definition) is 2. The Hall–Kier alpha value is -1.46. The van der Waals surface area contributed by atoms with E-state index in [4.69, 9.17) is 34.2 Å². The van der Waals surface area contributed by atoms with Gasteiger partial charge in [-0.05, 0) is 40.5 Å². The number of amides is 1. The summed E-state index contributed by atoms with van der Waals surface area (Å²) in [6, 6.07) is 0. The van der Waals surface area contributed by atoms with Crippen molar-refractivity contribution >= 4 is 12.1 Å². The van der Waals surface area contributed by atoms with Crippen molar-refractivity contribution in [3.63, 3.8) is 0 Å². The minimum atomic E-state index is -1.00. The third kappa shape index (κ3) is 16.9. The van der Waals surface area contributed by atoms with Gasteiger partial charge in [0, 0.05) is 13.2 Å². The maximum absolute atomic E-state index is 11.9. The molecule has 0 fully saturated rings. The van der Waals surface area contributed by atoms with Gasteiger partial charge >= 0.3 is 12.1 Å². The van der Waals surface area contributed by atoms with Gasteiger partial charge in [-0.3, -0.25) is 4.79 Å². The number of carbonyl (C=O) groups excluding carboxylic acids is 2. The average Bonchev–Trinajstić information content (AvgIpc) is 2.69. The summed E-state index contributed by atoms with van der Waals surface area (Å²) < 4.78 is 31.8. The van der Waals surface area contributed by atoms with Crippen molar-refractivity contribution in [1.82, 2.24) is 5.32 Å². The van der Waals surface area contributed by atoms with Crippen LogP contribution in [0.3, 0.4) is 0 Å². The summed E-state index contributed by atoms with van der Waals surface area (Å²) in [6.45, 7) is 13.1. The minimum absolute atomic E-state index is 0.311. The van der Waals surface area contributed by atoms with E-state index < -0.39 is 23.2 Å². The number of carbonyl (C=O) groups is 2. The van der Waals surface area contributed by atoms with Crippen molar-refractivity contribution in [1.29, 1.82) is 0 Å². The van der Waals surface area contributed by atoms with Gasteiger partial charge in [-0.1, -0.05) is 6.92 Å². The van der Waals surface area contributed by atoms with E-state index in [2.05, 4.69) is 5.32 Å². The van der Waals surface area contributed by atoms with Gasteiger partial charge in [0.15, 0.2) is 0 Å². The Balaban J connectivity index is 3.44. The molecule has 31 heavy (non-hydrogen) atoms. The van der Waals surface area contributed by atoms with Crippen molar-refractivity contribution in [2.24, 2.45) is 5.73 Å². The Morgan fingerprint density at radius 1 is 0.806 bits per heavy atom. The fourth-order valence-electron chi connectivity index (χ4n) is 2.25. The minimum Gasteiger partial charge on any atom is -0.465 e.